The van der Waals surface area contributed by atoms with Crippen LogP contribution in [0.15, 0.2) is 35.7 Å². The molecule has 1 N–H and O–H groups in total. The quantitative estimate of drug-likeness (QED) is 0.850. The van der Waals surface area contributed by atoms with E-state index < -0.39 is 0 Å². The third-order valence-electron chi connectivity index (χ3n) is 2.91. The zero-order valence-corrected chi connectivity index (χ0v) is 11.5. The van der Waals surface area contributed by atoms with Crippen LogP contribution in [0.2, 0.25) is 0 Å². The summed E-state index contributed by atoms with van der Waals surface area (Å²) >= 11 is 1.80. The molecule has 1 atom stereocenters. The van der Waals surface area contributed by atoms with Gasteiger partial charge in [0.15, 0.2) is 0 Å². The Bertz CT molecular complexity index is 453. The first-order valence-corrected chi connectivity index (χ1v) is 6.87. The van der Waals surface area contributed by atoms with Crippen LogP contribution in [0.25, 0.3) is 0 Å². The van der Waals surface area contributed by atoms with E-state index >= 15 is 0 Å². The van der Waals surface area contributed by atoms with E-state index in [0.29, 0.717) is 6.04 Å². The lowest BCUT2D eigenvalue weighted by Crippen LogP contribution is -2.17. The van der Waals surface area contributed by atoms with Gasteiger partial charge in [0, 0.05) is 17.5 Å². The molecule has 0 saturated carbocycles. The van der Waals surface area contributed by atoms with E-state index in [1.54, 1.807) is 11.3 Å². The predicted octanol–water partition coefficient (Wildman–Crippen LogP) is 4.22. The van der Waals surface area contributed by atoms with Crippen LogP contribution in [-0.4, -0.2) is 0 Å². The minimum absolute atomic E-state index is 0.399. The molecule has 1 unspecified atom stereocenters. The molecule has 0 fully saturated rings. The maximum absolute atomic E-state index is 3.57. The zero-order valence-electron chi connectivity index (χ0n) is 10.7. The van der Waals surface area contributed by atoms with Crippen molar-refractivity contribution in [3.05, 3.63) is 57.3 Å². The largest absolute Gasteiger partial charge is 0.305 e. The van der Waals surface area contributed by atoms with Gasteiger partial charge in [-0.05, 0) is 37.8 Å². The Morgan fingerprint density at radius 3 is 2.47 bits per heavy atom. The van der Waals surface area contributed by atoms with Crippen LogP contribution in [0.5, 0.6) is 0 Å². The second-order valence-electron chi connectivity index (χ2n) is 4.60. The van der Waals surface area contributed by atoms with E-state index in [2.05, 4.69) is 61.8 Å². The van der Waals surface area contributed by atoms with Crippen LogP contribution in [0.3, 0.4) is 0 Å². The molecule has 2 rings (SSSR count). The second-order valence-corrected chi connectivity index (χ2v) is 5.64. The maximum atomic E-state index is 3.57. The van der Waals surface area contributed by atoms with Crippen molar-refractivity contribution < 1.29 is 0 Å². The molecular formula is C15H19NS. The molecule has 0 saturated heterocycles. The Hall–Kier alpha value is -1.12. The monoisotopic (exact) mass is 245 g/mol. The van der Waals surface area contributed by atoms with Gasteiger partial charge in [-0.25, -0.2) is 0 Å². The van der Waals surface area contributed by atoms with E-state index in [1.807, 2.05) is 0 Å². The summed E-state index contributed by atoms with van der Waals surface area (Å²) in [5.41, 5.74) is 4.05. The average molecular weight is 245 g/mol. The standard InChI is InChI=1S/C15H19NS/c1-11-7-12(2)9-14(8-11)13(3)16-10-15-5-4-6-17-15/h4-9,13,16H,10H2,1-3H3. The van der Waals surface area contributed by atoms with Crippen LogP contribution in [-0.2, 0) is 6.54 Å². The fourth-order valence-electron chi connectivity index (χ4n) is 2.04. The third-order valence-corrected chi connectivity index (χ3v) is 3.78. The molecule has 17 heavy (non-hydrogen) atoms. The predicted molar refractivity (Wildman–Crippen MR) is 75.5 cm³/mol. The molecule has 0 aliphatic carbocycles. The normalized spacial score (nSPS) is 12.6. The summed E-state index contributed by atoms with van der Waals surface area (Å²) < 4.78 is 0. The third kappa shape index (κ3) is 3.42. The zero-order chi connectivity index (χ0) is 12.3. The van der Waals surface area contributed by atoms with E-state index in [9.17, 15) is 0 Å². The first-order valence-electron chi connectivity index (χ1n) is 5.99. The number of rotatable bonds is 4. The van der Waals surface area contributed by atoms with Gasteiger partial charge in [0.1, 0.15) is 0 Å². The van der Waals surface area contributed by atoms with Gasteiger partial charge in [-0.3, -0.25) is 0 Å². The van der Waals surface area contributed by atoms with Gasteiger partial charge in [-0.1, -0.05) is 35.4 Å². The first kappa shape index (κ1) is 12.3. The van der Waals surface area contributed by atoms with Gasteiger partial charge in [-0.15, -0.1) is 11.3 Å². The summed E-state index contributed by atoms with van der Waals surface area (Å²) in [4.78, 5) is 1.39. The molecule has 0 amide bonds. The van der Waals surface area contributed by atoms with Crippen molar-refractivity contribution in [2.24, 2.45) is 0 Å². The van der Waals surface area contributed by atoms with Crippen LogP contribution in [0.4, 0.5) is 0 Å². The molecular weight excluding hydrogens is 226 g/mol. The summed E-state index contributed by atoms with van der Waals surface area (Å²) in [6.45, 7) is 7.48. The number of hydrogen-bond donors (Lipinski definition) is 1. The SMILES string of the molecule is Cc1cc(C)cc(C(C)NCc2cccs2)c1. The lowest BCUT2D eigenvalue weighted by Gasteiger charge is -2.15. The summed E-state index contributed by atoms with van der Waals surface area (Å²) in [5, 5.41) is 5.69. The van der Waals surface area contributed by atoms with Crippen molar-refractivity contribution in [1.82, 2.24) is 5.32 Å². The number of benzene rings is 1. The Balaban J connectivity index is 2.01. The number of hydrogen-bond acceptors (Lipinski definition) is 2. The molecule has 0 spiro atoms. The number of thiophene rings is 1. The Kier molecular flexibility index (Phi) is 3.97. The van der Waals surface area contributed by atoms with Crippen LogP contribution in [0, 0.1) is 13.8 Å². The smallest absolute Gasteiger partial charge is 0.0305 e. The van der Waals surface area contributed by atoms with Gasteiger partial charge in [-0.2, -0.15) is 0 Å². The second kappa shape index (κ2) is 5.48. The van der Waals surface area contributed by atoms with E-state index in [1.165, 1.54) is 21.6 Å². The van der Waals surface area contributed by atoms with Crippen LogP contribution >= 0.6 is 11.3 Å². The van der Waals surface area contributed by atoms with Gasteiger partial charge in [0.05, 0.1) is 0 Å². The molecule has 1 nitrogen and oxygen atoms in total. The van der Waals surface area contributed by atoms with Crippen molar-refractivity contribution in [1.29, 1.82) is 0 Å². The van der Waals surface area contributed by atoms with Gasteiger partial charge in [0.2, 0.25) is 0 Å². The van der Waals surface area contributed by atoms with Crippen molar-refractivity contribution in [3.8, 4) is 0 Å². The Labute approximate surface area is 108 Å². The summed E-state index contributed by atoms with van der Waals surface area (Å²) in [5.74, 6) is 0. The molecule has 1 aromatic carbocycles. The molecule has 2 heteroatoms. The highest BCUT2D eigenvalue weighted by atomic mass is 32.1. The lowest BCUT2D eigenvalue weighted by atomic mass is 10.0. The molecule has 90 valence electrons. The molecule has 0 bridgehead atoms. The first-order chi connectivity index (χ1) is 8.15. The average Bonchev–Trinajstić information content (AvgIpc) is 2.77. The lowest BCUT2D eigenvalue weighted by molar-refractivity contribution is 0.578. The van der Waals surface area contributed by atoms with E-state index in [0.717, 1.165) is 6.54 Å². The summed E-state index contributed by atoms with van der Waals surface area (Å²) in [6.07, 6.45) is 0. The van der Waals surface area contributed by atoms with Crippen molar-refractivity contribution in [2.45, 2.75) is 33.4 Å². The fourth-order valence-corrected chi connectivity index (χ4v) is 2.70. The van der Waals surface area contributed by atoms with E-state index in [4.69, 9.17) is 0 Å². The van der Waals surface area contributed by atoms with Gasteiger partial charge < -0.3 is 5.32 Å². The molecule has 0 aliphatic heterocycles. The molecule has 1 aromatic heterocycles. The molecule has 2 aromatic rings. The summed E-state index contributed by atoms with van der Waals surface area (Å²) in [6, 6.07) is 11.4. The fraction of sp³-hybridized carbons (Fsp3) is 0.333. The van der Waals surface area contributed by atoms with Crippen molar-refractivity contribution in [2.75, 3.05) is 0 Å². The minimum atomic E-state index is 0.399. The molecule has 0 radical (unpaired) electrons. The number of aryl methyl sites for hydroxylation is 2. The van der Waals surface area contributed by atoms with Gasteiger partial charge in [0.25, 0.3) is 0 Å². The van der Waals surface area contributed by atoms with Crippen molar-refractivity contribution in [3.63, 3.8) is 0 Å². The topological polar surface area (TPSA) is 12.0 Å². The highest BCUT2D eigenvalue weighted by molar-refractivity contribution is 7.09. The van der Waals surface area contributed by atoms with Crippen molar-refractivity contribution >= 4 is 11.3 Å². The molecule has 0 aliphatic rings. The number of nitrogens with one attached hydrogen (secondary N) is 1. The highest BCUT2D eigenvalue weighted by Gasteiger charge is 2.06. The van der Waals surface area contributed by atoms with Crippen LogP contribution in [0.1, 0.15) is 34.5 Å². The van der Waals surface area contributed by atoms with E-state index in [-0.39, 0.29) is 0 Å². The maximum Gasteiger partial charge on any atom is 0.0305 e. The molecule has 1 heterocycles. The Morgan fingerprint density at radius 1 is 1.18 bits per heavy atom. The minimum Gasteiger partial charge on any atom is -0.305 e. The van der Waals surface area contributed by atoms with Crippen LogP contribution < -0.4 is 5.32 Å². The summed E-state index contributed by atoms with van der Waals surface area (Å²) in [7, 11) is 0. The Morgan fingerprint density at radius 2 is 1.88 bits per heavy atom. The highest BCUT2D eigenvalue weighted by Crippen LogP contribution is 2.18. The van der Waals surface area contributed by atoms with Gasteiger partial charge >= 0.3 is 0 Å².